The minimum absolute atomic E-state index is 0.410. The molecule has 6 nitrogen and oxygen atoms in total. The Labute approximate surface area is 150 Å². The molecule has 0 fully saturated rings. The molecule has 2 aromatic rings. The van der Waals surface area contributed by atoms with Crippen molar-refractivity contribution >= 4 is 29.2 Å². The fraction of sp³-hybridized carbons (Fsp3) is 0.278. The summed E-state index contributed by atoms with van der Waals surface area (Å²) in [5.74, 6) is -1.26. The van der Waals surface area contributed by atoms with Crippen molar-refractivity contribution in [3.8, 4) is 0 Å². The predicted octanol–water partition coefficient (Wildman–Crippen LogP) is 2.59. The lowest BCUT2D eigenvalue weighted by Crippen LogP contribution is -2.42. The van der Waals surface area contributed by atoms with E-state index in [0.717, 1.165) is 16.0 Å². The first-order chi connectivity index (χ1) is 12.0. The standard InChI is InChI=1S/C18H20N2O4S/c1-12-5-3-7-15(13(12)2)17(22)24-11-16(21)20-18(23)19-9-8-14-6-4-10-25-14/h3-7,10H,8-9,11H2,1-2H3,(H2,19,20,21,23). The first-order valence-corrected chi connectivity index (χ1v) is 8.68. The van der Waals surface area contributed by atoms with E-state index < -0.39 is 24.5 Å². The van der Waals surface area contributed by atoms with Crippen molar-refractivity contribution in [3.63, 3.8) is 0 Å². The Bertz CT molecular complexity index is 756. The van der Waals surface area contributed by atoms with E-state index in [1.807, 2.05) is 37.4 Å². The molecule has 0 saturated heterocycles. The van der Waals surface area contributed by atoms with Gasteiger partial charge < -0.3 is 10.1 Å². The Morgan fingerprint density at radius 1 is 1.12 bits per heavy atom. The normalized spacial score (nSPS) is 10.2. The largest absolute Gasteiger partial charge is 0.452 e. The van der Waals surface area contributed by atoms with Gasteiger partial charge in [-0.05, 0) is 48.9 Å². The Hall–Kier alpha value is -2.67. The number of imide groups is 1. The van der Waals surface area contributed by atoms with Crippen LogP contribution < -0.4 is 10.6 Å². The van der Waals surface area contributed by atoms with Gasteiger partial charge in [-0.15, -0.1) is 11.3 Å². The summed E-state index contributed by atoms with van der Waals surface area (Å²) >= 11 is 1.60. The number of thiophene rings is 1. The molecule has 0 atom stereocenters. The van der Waals surface area contributed by atoms with Gasteiger partial charge in [0.25, 0.3) is 5.91 Å². The van der Waals surface area contributed by atoms with Gasteiger partial charge in [0.05, 0.1) is 5.56 Å². The van der Waals surface area contributed by atoms with Crippen molar-refractivity contribution in [2.24, 2.45) is 0 Å². The van der Waals surface area contributed by atoms with E-state index in [9.17, 15) is 14.4 Å². The Morgan fingerprint density at radius 2 is 1.92 bits per heavy atom. The molecular weight excluding hydrogens is 340 g/mol. The summed E-state index contributed by atoms with van der Waals surface area (Å²) in [6.45, 7) is 3.61. The van der Waals surface area contributed by atoms with Crippen LogP contribution >= 0.6 is 11.3 Å². The quantitative estimate of drug-likeness (QED) is 0.776. The molecule has 0 bridgehead atoms. The highest BCUT2D eigenvalue weighted by molar-refractivity contribution is 7.09. The number of hydrogen-bond donors (Lipinski definition) is 2. The SMILES string of the molecule is Cc1cccc(C(=O)OCC(=O)NC(=O)NCCc2cccs2)c1C. The summed E-state index contributed by atoms with van der Waals surface area (Å²) in [7, 11) is 0. The molecule has 0 aliphatic rings. The number of carbonyl (C=O) groups excluding carboxylic acids is 3. The molecule has 0 spiro atoms. The Kier molecular flexibility index (Phi) is 6.71. The Morgan fingerprint density at radius 3 is 2.64 bits per heavy atom. The van der Waals surface area contributed by atoms with E-state index in [1.165, 1.54) is 0 Å². The summed E-state index contributed by atoms with van der Waals surface area (Å²) in [6.07, 6.45) is 0.695. The topological polar surface area (TPSA) is 84.5 Å². The number of aryl methyl sites for hydroxylation is 1. The van der Waals surface area contributed by atoms with Crippen molar-refractivity contribution in [2.45, 2.75) is 20.3 Å². The number of hydrogen-bond acceptors (Lipinski definition) is 5. The molecule has 7 heteroatoms. The van der Waals surface area contributed by atoms with Crippen LogP contribution in [0.1, 0.15) is 26.4 Å². The maximum absolute atomic E-state index is 12.0. The third-order valence-corrected chi connectivity index (χ3v) is 4.59. The second-order valence-electron chi connectivity index (χ2n) is 5.46. The van der Waals surface area contributed by atoms with E-state index in [0.29, 0.717) is 18.5 Å². The number of rotatable bonds is 6. The van der Waals surface area contributed by atoms with Crippen LogP contribution in [0.4, 0.5) is 4.79 Å². The number of esters is 1. The summed E-state index contributed by atoms with van der Waals surface area (Å²) in [4.78, 5) is 36.5. The van der Waals surface area contributed by atoms with Crippen LogP contribution in [0.5, 0.6) is 0 Å². The van der Waals surface area contributed by atoms with Crippen molar-refractivity contribution < 1.29 is 19.1 Å². The molecule has 2 rings (SSSR count). The molecule has 132 valence electrons. The molecule has 1 heterocycles. The van der Waals surface area contributed by atoms with Crippen molar-refractivity contribution in [1.29, 1.82) is 0 Å². The molecular formula is C18H20N2O4S. The van der Waals surface area contributed by atoms with Gasteiger partial charge in [0.2, 0.25) is 0 Å². The van der Waals surface area contributed by atoms with E-state index in [2.05, 4.69) is 10.6 Å². The van der Waals surface area contributed by atoms with Crippen molar-refractivity contribution in [3.05, 3.63) is 57.3 Å². The van der Waals surface area contributed by atoms with Crippen LogP contribution in [0.3, 0.4) is 0 Å². The van der Waals surface area contributed by atoms with E-state index in [4.69, 9.17) is 4.74 Å². The minimum atomic E-state index is -0.674. The van der Waals surface area contributed by atoms with Crippen LogP contribution in [-0.4, -0.2) is 31.1 Å². The maximum Gasteiger partial charge on any atom is 0.338 e. The molecule has 0 saturated carbocycles. The first-order valence-electron chi connectivity index (χ1n) is 7.81. The van der Waals surface area contributed by atoms with Gasteiger partial charge in [-0.2, -0.15) is 0 Å². The first kappa shape index (κ1) is 18.7. The fourth-order valence-electron chi connectivity index (χ4n) is 2.14. The van der Waals surface area contributed by atoms with Crippen LogP contribution in [0, 0.1) is 13.8 Å². The molecule has 0 unspecified atom stereocenters. The maximum atomic E-state index is 12.0. The third kappa shape index (κ3) is 5.72. The molecule has 0 radical (unpaired) electrons. The third-order valence-electron chi connectivity index (χ3n) is 3.65. The summed E-state index contributed by atoms with van der Waals surface area (Å²) in [5, 5.41) is 6.67. The summed E-state index contributed by atoms with van der Waals surface area (Å²) < 4.78 is 4.96. The summed E-state index contributed by atoms with van der Waals surface area (Å²) in [5.41, 5.74) is 2.18. The molecule has 0 aliphatic heterocycles. The van der Waals surface area contributed by atoms with Gasteiger partial charge >= 0.3 is 12.0 Å². The van der Waals surface area contributed by atoms with Gasteiger partial charge in [0.15, 0.2) is 6.61 Å². The second kappa shape index (κ2) is 8.98. The van der Waals surface area contributed by atoms with Gasteiger partial charge in [-0.25, -0.2) is 9.59 Å². The van der Waals surface area contributed by atoms with Crippen LogP contribution in [0.25, 0.3) is 0 Å². The molecule has 1 aromatic carbocycles. The van der Waals surface area contributed by atoms with E-state index in [-0.39, 0.29) is 0 Å². The van der Waals surface area contributed by atoms with Crippen LogP contribution in [-0.2, 0) is 16.0 Å². The van der Waals surface area contributed by atoms with Gasteiger partial charge in [-0.3, -0.25) is 10.1 Å². The molecule has 1 aromatic heterocycles. The number of amides is 3. The number of nitrogens with one attached hydrogen (secondary N) is 2. The number of benzene rings is 1. The van der Waals surface area contributed by atoms with E-state index >= 15 is 0 Å². The second-order valence-corrected chi connectivity index (χ2v) is 6.49. The smallest absolute Gasteiger partial charge is 0.338 e. The Balaban J connectivity index is 1.71. The minimum Gasteiger partial charge on any atom is -0.452 e. The zero-order chi connectivity index (χ0) is 18.2. The fourth-order valence-corrected chi connectivity index (χ4v) is 2.85. The monoisotopic (exact) mass is 360 g/mol. The van der Waals surface area contributed by atoms with Gasteiger partial charge in [0.1, 0.15) is 0 Å². The average Bonchev–Trinajstić information content (AvgIpc) is 3.08. The lowest BCUT2D eigenvalue weighted by Gasteiger charge is -2.09. The number of urea groups is 1. The zero-order valence-electron chi connectivity index (χ0n) is 14.1. The molecule has 2 N–H and O–H groups in total. The van der Waals surface area contributed by atoms with Crippen molar-refractivity contribution in [2.75, 3.05) is 13.2 Å². The average molecular weight is 360 g/mol. The predicted molar refractivity (Wildman–Crippen MR) is 95.8 cm³/mol. The zero-order valence-corrected chi connectivity index (χ0v) is 14.9. The highest BCUT2D eigenvalue weighted by atomic mass is 32.1. The molecule has 25 heavy (non-hydrogen) atoms. The van der Waals surface area contributed by atoms with E-state index in [1.54, 1.807) is 23.5 Å². The highest BCUT2D eigenvalue weighted by Gasteiger charge is 2.14. The lowest BCUT2D eigenvalue weighted by molar-refractivity contribution is -0.123. The summed E-state index contributed by atoms with van der Waals surface area (Å²) in [6, 6.07) is 8.58. The molecule has 0 aliphatic carbocycles. The van der Waals surface area contributed by atoms with Gasteiger partial charge in [-0.1, -0.05) is 18.2 Å². The molecule has 3 amide bonds. The van der Waals surface area contributed by atoms with Gasteiger partial charge in [0, 0.05) is 11.4 Å². The highest BCUT2D eigenvalue weighted by Crippen LogP contribution is 2.13. The van der Waals surface area contributed by atoms with Crippen LogP contribution in [0.15, 0.2) is 35.7 Å². The van der Waals surface area contributed by atoms with Crippen molar-refractivity contribution in [1.82, 2.24) is 10.6 Å². The number of carbonyl (C=O) groups is 3. The lowest BCUT2D eigenvalue weighted by atomic mass is 10.0. The van der Waals surface area contributed by atoms with Crippen LogP contribution in [0.2, 0.25) is 0 Å². The number of ether oxygens (including phenoxy) is 1.